The second-order valence-electron chi connectivity index (χ2n) is 6.41. The van der Waals surface area contributed by atoms with Crippen LogP contribution in [0.3, 0.4) is 0 Å². The quantitative estimate of drug-likeness (QED) is 0.734. The maximum atomic E-state index is 12.3. The van der Waals surface area contributed by atoms with Gasteiger partial charge >= 0.3 is 5.69 Å². The van der Waals surface area contributed by atoms with E-state index in [1.54, 1.807) is 6.20 Å². The number of aryl methyl sites for hydroxylation is 1. The Morgan fingerprint density at radius 3 is 2.83 bits per heavy atom. The minimum absolute atomic E-state index is 0.0430. The standard InChI is InChI=1S/C18H19ClN4O/c1-11-8-12(19)6-7-14(11)21-17-9-16-15(10-20-17)22-18(24)23(16)13-4-2-3-5-13/h6-10,13H,2-5H2,1H3,(H,20,21)(H,22,24). The zero-order chi connectivity index (χ0) is 16.7. The minimum atomic E-state index is -0.0430. The maximum Gasteiger partial charge on any atom is 0.326 e. The van der Waals surface area contributed by atoms with Crippen molar-refractivity contribution in [3.63, 3.8) is 0 Å². The van der Waals surface area contributed by atoms with Gasteiger partial charge in [0.05, 0.1) is 17.2 Å². The van der Waals surface area contributed by atoms with Gasteiger partial charge in [0, 0.05) is 22.8 Å². The van der Waals surface area contributed by atoms with Gasteiger partial charge < -0.3 is 10.3 Å². The number of hydrogen-bond acceptors (Lipinski definition) is 3. The van der Waals surface area contributed by atoms with E-state index in [-0.39, 0.29) is 5.69 Å². The predicted octanol–water partition coefficient (Wildman–Crippen LogP) is 4.55. The normalized spacial score (nSPS) is 15.2. The summed E-state index contributed by atoms with van der Waals surface area (Å²) in [6.45, 7) is 2.00. The maximum absolute atomic E-state index is 12.3. The number of anilines is 2. The lowest BCUT2D eigenvalue weighted by Crippen LogP contribution is -2.20. The number of aromatic nitrogens is 3. The van der Waals surface area contributed by atoms with Gasteiger partial charge in [-0.1, -0.05) is 24.4 Å². The third kappa shape index (κ3) is 2.69. The zero-order valence-electron chi connectivity index (χ0n) is 13.5. The van der Waals surface area contributed by atoms with Crippen LogP contribution < -0.4 is 11.0 Å². The molecule has 0 aliphatic heterocycles. The van der Waals surface area contributed by atoms with E-state index in [0.717, 1.165) is 40.9 Å². The molecule has 1 saturated carbocycles. The molecule has 2 N–H and O–H groups in total. The minimum Gasteiger partial charge on any atom is -0.340 e. The summed E-state index contributed by atoms with van der Waals surface area (Å²) in [6.07, 6.45) is 6.21. The number of imidazole rings is 1. The molecule has 0 radical (unpaired) electrons. The lowest BCUT2D eigenvalue weighted by atomic mass is 10.2. The van der Waals surface area contributed by atoms with E-state index in [2.05, 4.69) is 15.3 Å². The molecule has 0 spiro atoms. The Balaban J connectivity index is 1.74. The monoisotopic (exact) mass is 342 g/mol. The highest BCUT2D eigenvalue weighted by Gasteiger charge is 2.21. The van der Waals surface area contributed by atoms with Crippen molar-refractivity contribution < 1.29 is 0 Å². The number of benzene rings is 1. The number of halogens is 1. The number of nitrogens with zero attached hydrogens (tertiary/aromatic N) is 2. The second-order valence-corrected chi connectivity index (χ2v) is 6.85. The van der Waals surface area contributed by atoms with Crippen molar-refractivity contribution >= 4 is 34.1 Å². The van der Waals surface area contributed by atoms with Crippen LogP contribution in [0.5, 0.6) is 0 Å². The highest BCUT2D eigenvalue weighted by molar-refractivity contribution is 6.30. The molecule has 1 fully saturated rings. The van der Waals surface area contributed by atoms with E-state index < -0.39 is 0 Å². The van der Waals surface area contributed by atoms with Gasteiger partial charge in [0.1, 0.15) is 5.82 Å². The van der Waals surface area contributed by atoms with Crippen molar-refractivity contribution in [3.8, 4) is 0 Å². The molecule has 0 atom stereocenters. The first-order chi connectivity index (χ1) is 11.6. The first kappa shape index (κ1) is 15.3. The summed E-state index contributed by atoms with van der Waals surface area (Å²) in [4.78, 5) is 19.7. The summed E-state index contributed by atoms with van der Waals surface area (Å²) >= 11 is 6.01. The molecule has 0 unspecified atom stereocenters. The van der Waals surface area contributed by atoms with Crippen molar-refractivity contribution in [1.29, 1.82) is 0 Å². The van der Waals surface area contributed by atoms with Gasteiger partial charge in [-0.25, -0.2) is 9.78 Å². The average molecular weight is 343 g/mol. The number of pyridine rings is 1. The Morgan fingerprint density at radius 2 is 2.08 bits per heavy atom. The Labute approximate surface area is 144 Å². The SMILES string of the molecule is Cc1cc(Cl)ccc1Nc1cc2c(cn1)[nH]c(=O)n2C1CCCC1. The molecule has 2 heterocycles. The van der Waals surface area contributed by atoms with Crippen molar-refractivity contribution in [2.75, 3.05) is 5.32 Å². The Kier molecular flexibility index (Phi) is 3.81. The lowest BCUT2D eigenvalue weighted by Gasteiger charge is -2.13. The van der Waals surface area contributed by atoms with Gasteiger partial charge in [-0.2, -0.15) is 0 Å². The Morgan fingerprint density at radius 1 is 1.29 bits per heavy atom. The fraction of sp³-hybridized carbons (Fsp3) is 0.333. The van der Waals surface area contributed by atoms with Gasteiger partial charge in [-0.05, 0) is 43.5 Å². The highest BCUT2D eigenvalue weighted by Crippen LogP contribution is 2.31. The Bertz CT molecular complexity index is 953. The fourth-order valence-corrected chi connectivity index (χ4v) is 3.75. The van der Waals surface area contributed by atoms with Crippen LogP contribution in [0.1, 0.15) is 37.3 Å². The summed E-state index contributed by atoms with van der Waals surface area (Å²) < 4.78 is 1.89. The second kappa shape index (κ2) is 5.98. The largest absolute Gasteiger partial charge is 0.340 e. The molecule has 1 aliphatic carbocycles. The molecular formula is C18H19ClN4O. The smallest absolute Gasteiger partial charge is 0.326 e. The summed E-state index contributed by atoms with van der Waals surface area (Å²) in [6, 6.07) is 7.93. The molecule has 24 heavy (non-hydrogen) atoms. The van der Waals surface area contributed by atoms with E-state index in [4.69, 9.17) is 11.6 Å². The van der Waals surface area contributed by atoms with Crippen LogP contribution in [0, 0.1) is 6.92 Å². The van der Waals surface area contributed by atoms with Crippen LogP contribution in [-0.4, -0.2) is 14.5 Å². The van der Waals surface area contributed by atoms with E-state index in [0.29, 0.717) is 11.1 Å². The van der Waals surface area contributed by atoms with E-state index >= 15 is 0 Å². The molecule has 3 aromatic rings. The Hall–Kier alpha value is -2.27. The number of fused-ring (bicyclic) bond motifs is 1. The summed E-state index contributed by atoms with van der Waals surface area (Å²) in [5.41, 5.74) is 3.66. The number of aromatic amines is 1. The molecule has 0 amide bonds. The third-order valence-corrected chi connectivity index (χ3v) is 4.98. The molecule has 0 saturated heterocycles. The van der Waals surface area contributed by atoms with Crippen molar-refractivity contribution in [3.05, 3.63) is 51.5 Å². The lowest BCUT2D eigenvalue weighted by molar-refractivity contribution is 0.518. The van der Waals surface area contributed by atoms with Crippen molar-refractivity contribution in [2.45, 2.75) is 38.6 Å². The molecule has 1 aliphatic rings. The number of nitrogens with one attached hydrogen (secondary N) is 2. The van der Waals surface area contributed by atoms with Crippen molar-refractivity contribution in [1.82, 2.24) is 14.5 Å². The summed E-state index contributed by atoms with van der Waals surface area (Å²) in [7, 11) is 0. The van der Waals surface area contributed by atoms with E-state index in [1.807, 2.05) is 35.8 Å². The van der Waals surface area contributed by atoms with E-state index in [9.17, 15) is 4.79 Å². The molecular weight excluding hydrogens is 324 g/mol. The van der Waals surface area contributed by atoms with Crippen LogP contribution in [-0.2, 0) is 0 Å². The average Bonchev–Trinajstić information content (AvgIpc) is 3.16. The topological polar surface area (TPSA) is 62.7 Å². The summed E-state index contributed by atoms with van der Waals surface area (Å²) in [5, 5.41) is 4.03. The van der Waals surface area contributed by atoms with Gasteiger partial charge in [0.15, 0.2) is 0 Å². The fourth-order valence-electron chi connectivity index (χ4n) is 3.52. The third-order valence-electron chi connectivity index (χ3n) is 4.74. The van der Waals surface area contributed by atoms with Crippen LogP contribution in [0.4, 0.5) is 11.5 Å². The molecule has 5 nitrogen and oxygen atoms in total. The number of rotatable bonds is 3. The summed E-state index contributed by atoms with van der Waals surface area (Å²) in [5.74, 6) is 0.721. The van der Waals surface area contributed by atoms with Gasteiger partial charge in [0.2, 0.25) is 0 Å². The molecule has 6 heteroatoms. The van der Waals surface area contributed by atoms with Crippen LogP contribution >= 0.6 is 11.6 Å². The molecule has 0 bridgehead atoms. The molecule has 4 rings (SSSR count). The first-order valence-corrected chi connectivity index (χ1v) is 8.63. The molecule has 2 aromatic heterocycles. The number of hydrogen-bond donors (Lipinski definition) is 2. The van der Waals surface area contributed by atoms with E-state index in [1.165, 1.54) is 12.8 Å². The molecule has 1 aromatic carbocycles. The zero-order valence-corrected chi connectivity index (χ0v) is 14.2. The van der Waals surface area contributed by atoms with Gasteiger partial charge in [-0.3, -0.25) is 4.57 Å². The molecule has 124 valence electrons. The van der Waals surface area contributed by atoms with Gasteiger partial charge in [0.25, 0.3) is 0 Å². The van der Waals surface area contributed by atoms with Crippen LogP contribution in [0.25, 0.3) is 11.0 Å². The highest BCUT2D eigenvalue weighted by atomic mass is 35.5. The predicted molar refractivity (Wildman–Crippen MR) is 97.3 cm³/mol. The van der Waals surface area contributed by atoms with Crippen LogP contribution in [0.2, 0.25) is 5.02 Å². The van der Waals surface area contributed by atoms with Crippen molar-refractivity contribution in [2.24, 2.45) is 0 Å². The van der Waals surface area contributed by atoms with Gasteiger partial charge in [-0.15, -0.1) is 0 Å². The first-order valence-electron chi connectivity index (χ1n) is 8.25. The van der Waals surface area contributed by atoms with Crippen LogP contribution in [0.15, 0.2) is 35.3 Å². The number of H-pyrrole nitrogens is 1.